The first-order valence-corrected chi connectivity index (χ1v) is 7.74. The predicted molar refractivity (Wildman–Crippen MR) is 94.2 cm³/mol. The number of hydrogen-bond acceptors (Lipinski definition) is 5. The van der Waals surface area contributed by atoms with Crippen molar-refractivity contribution in [3.8, 4) is 6.07 Å². The lowest BCUT2D eigenvalue weighted by Gasteiger charge is -2.10. The highest BCUT2D eigenvalue weighted by molar-refractivity contribution is 5.93. The van der Waals surface area contributed by atoms with E-state index in [0.29, 0.717) is 17.8 Å². The van der Waals surface area contributed by atoms with Gasteiger partial charge in [-0.05, 0) is 57.4 Å². The summed E-state index contributed by atoms with van der Waals surface area (Å²) in [6.45, 7) is 1.53. The number of rotatable bonds is 7. The van der Waals surface area contributed by atoms with Gasteiger partial charge in [-0.3, -0.25) is 9.78 Å². The third kappa shape index (κ3) is 5.38. The maximum absolute atomic E-state index is 12.1. The van der Waals surface area contributed by atoms with Gasteiger partial charge >= 0.3 is 0 Å². The Morgan fingerprint density at radius 2 is 2.04 bits per heavy atom. The second-order valence-electron chi connectivity index (χ2n) is 5.66. The molecule has 0 atom stereocenters. The molecule has 0 aliphatic carbocycles. The van der Waals surface area contributed by atoms with Gasteiger partial charge in [-0.15, -0.1) is 0 Å². The fourth-order valence-corrected chi connectivity index (χ4v) is 2.15. The van der Waals surface area contributed by atoms with E-state index >= 15 is 0 Å². The standard InChI is InChI=1S/C18H21N5O/c1-23(2)10-4-8-21-18(24)17-12-16(7-9-20-17)22-15-6-3-5-14(11-15)13-19/h3,5-7,9,11-12H,4,8,10H2,1-2H3,(H,20,22)(H,21,24). The van der Waals surface area contributed by atoms with Gasteiger partial charge in [0.15, 0.2) is 0 Å². The minimum atomic E-state index is -0.191. The molecule has 0 bridgehead atoms. The Kier molecular flexibility index (Phi) is 6.29. The predicted octanol–water partition coefficient (Wildman–Crippen LogP) is 2.38. The van der Waals surface area contributed by atoms with E-state index in [2.05, 4.69) is 26.6 Å². The molecule has 24 heavy (non-hydrogen) atoms. The third-order valence-electron chi connectivity index (χ3n) is 3.34. The fourth-order valence-electron chi connectivity index (χ4n) is 2.15. The topological polar surface area (TPSA) is 81.0 Å². The Morgan fingerprint density at radius 3 is 2.79 bits per heavy atom. The van der Waals surface area contributed by atoms with Crippen LogP contribution in [0.3, 0.4) is 0 Å². The van der Waals surface area contributed by atoms with Crippen LogP contribution in [0.4, 0.5) is 11.4 Å². The van der Waals surface area contributed by atoms with Crippen molar-refractivity contribution in [3.63, 3.8) is 0 Å². The summed E-state index contributed by atoms with van der Waals surface area (Å²) in [5, 5.41) is 15.0. The van der Waals surface area contributed by atoms with E-state index in [1.54, 1.807) is 36.5 Å². The number of nitrogens with zero attached hydrogens (tertiary/aromatic N) is 3. The van der Waals surface area contributed by atoms with Gasteiger partial charge in [-0.1, -0.05) is 6.07 Å². The van der Waals surface area contributed by atoms with Gasteiger partial charge in [0.2, 0.25) is 0 Å². The van der Waals surface area contributed by atoms with E-state index < -0.39 is 0 Å². The molecule has 1 heterocycles. The highest BCUT2D eigenvalue weighted by Crippen LogP contribution is 2.17. The summed E-state index contributed by atoms with van der Waals surface area (Å²) in [6.07, 6.45) is 2.48. The van der Waals surface area contributed by atoms with E-state index in [1.165, 1.54) is 0 Å². The average molecular weight is 323 g/mol. The Balaban J connectivity index is 1.98. The third-order valence-corrected chi connectivity index (χ3v) is 3.34. The molecule has 0 saturated carbocycles. The molecule has 6 nitrogen and oxygen atoms in total. The van der Waals surface area contributed by atoms with E-state index in [0.717, 1.165) is 24.3 Å². The van der Waals surface area contributed by atoms with Gasteiger partial charge in [0.05, 0.1) is 11.6 Å². The number of pyridine rings is 1. The van der Waals surface area contributed by atoms with Crippen molar-refractivity contribution >= 4 is 17.3 Å². The molecular weight excluding hydrogens is 302 g/mol. The number of aromatic nitrogens is 1. The van der Waals surface area contributed by atoms with Crippen molar-refractivity contribution in [2.75, 3.05) is 32.5 Å². The molecule has 2 rings (SSSR count). The smallest absolute Gasteiger partial charge is 0.269 e. The van der Waals surface area contributed by atoms with Crippen molar-refractivity contribution in [3.05, 3.63) is 53.9 Å². The number of hydrogen-bond donors (Lipinski definition) is 2. The van der Waals surface area contributed by atoms with Gasteiger partial charge in [0.1, 0.15) is 5.69 Å². The second kappa shape index (κ2) is 8.65. The van der Waals surface area contributed by atoms with Crippen LogP contribution < -0.4 is 10.6 Å². The van der Waals surface area contributed by atoms with Crippen LogP contribution in [0.1, 0.15) is 22.5 Å². The van der Waals surface area contributed by atoms with Crippen LogP contribution in [-0.4, -0.2) is 43.0 Å². The highest BCUT2D eigenvalue weighted by atomic mass is 16.1. The molecule has 124 valence electrons. The number of carbonyl (C=O) groups excluding carboxylic acids is 1. The number of nitrogens with one attached hydrogen (secondary N) is 2. The van der Waals surface area contributed by atoms with Crippen LogP contribution in [0.15, 0.2) is 42.6 Å². The monoisotopic (exact) mass is 323 g/mol. The first-order valence-electron chi connectivity index (χ1n) is 7.74. The molecule has 6 heteroatoms. The molecule has 0 aliphatic rings. The van der Waals surface area contributed by atoms with E-state index in [1.807, 2.05) is 20.2 Å². The van der Waals surface area contributed by atoms with Crippen molar-refractivity contribution in [1.82, 2.24) is 15.2 Å². The number of benzene rings is 1. The van der Waals surface area contributed by atoms with Crippen molar-refractivity contribution in [2.24, 2.45) is 0 Å². The molecule has 2 aromatic rings. The number of anilines is 2. The SMILES string of the molecule is CN(C)CCCNC(=O)c1cc(Nc2cccc(C#N)c2)ccn1. The van der Waals surface area contributed by atoms with Crippen LogP contribution in [-0.2, 0) is 0 Å². The zero-order valence-electron chi connectivity index (χ0n) is 13.9. The molecule has 2 N–H and O–H groups in total. The van der Waals surface area contributed by atoms with Gasteiger partial charge < -0.3 is 15.5 Å². The zero-order valence-corrected chi connectivity index (χ0v) is 13.9. The molecule has 0 fully saturated rings. The van der Waals surface area contributed by atoms with Crippen molar-refractivity contribution in [2.45, 2.75) is 6.42 Å². The lowest BCUT2D eigenvalue weighted by Crippen LogP contribution is -2.27. The largest absolute Gasteiger partial charge is 0.355 e. The first-order chi connectivity index (χ1) is 11.6. The van der Waals surface area contributed by atoms with Crippen LogP contribution in [0, 0.1) is 11.3 Å². The molecule has 0 unspecified atom stereocenters. The van der Waals surface area contributed by atoms with Crippen LogP contribution in [0.5, 0.6) is 0 Å². The summed E-state index contributed by atoms with van der Waals surface area (Å²) in [7, 11) is 4.00. The molecule has 1 amide bonds. The molecule has 1 aromatic heterocycles. The Hall–Kier alpha value is -2.91. The normalized spacial score (nSPS) is 10.2. The van der Waals surface area contributed by atoms with Crippen molar-refractivity contribution in [1.29, 1.82) is 5.26 Å². The maximum atomic E-state index is 12.1. The maximum Gasteiger partial charge on any atom is 0.269 e. The summed E-state index contributed by atoms with van der Waals surface area (Å²) in [5.74, 6) is -0.191. The molecule has 0 saturated heterocycles. The minimum absolute atomic E-state index is 0.191. The van der Waals surface area contributed by atoms with Gasteiger partial charge in [0, 0.05) is 24.1 Å². The quantitative estimate of drug-likeness (QED) is 0.765. The summed E-state index contributed by atoms with van der Waals surface area (Å²) in [4.78, 5) is 18.3. The van der Waals surface area contributed by atoms with Gasteiger partial charge in [-0.2, -0.15) is 5.26 Å². The Morgan fingerprint density at radius 1 is 1.25 bits per heavy atom. The van der Waals surface area contributed by atoms with Gasteiger partial charge in [0.25, 0.3) is 5.91 Å². The number of nitriles is 1. The minimum Gasteiger partial charge on any atom is -0.355 e. The molecule has 0 radical (unpaired) electrons. The fraction of sp³-hybridized carbons (Fsp3) is 0.278. The lowest BCUT2D eigenvalue weighted by atomic mass is 10.2. The van der Waals surface area contributed by atoms with E-state index in [4.69, 9.17) is 5.26 Å². The van der Waals surface area contributed by atoms with Crippen LogP contribution in [0.25, 0.3) is 0 Å². The Bertz CT molecular complexity index is 736. The lowest BCUT2D eigenvalue weighted by molar-refractivity contribution is 0.0947. The number of amides is 1. The molecule has 0 aliphatic heterocycles. The Labute approximate surface area is 142 Å². The van der Waals surface area contributed by atoms with E-state index in [-0.39, 0.29) is 5.91 Å². The molecule has 0 spiro atoms. The van der Waals surface area contributed by atoms with Crippen molar-refractivity contribution < 1.29 is 4.79 Å². The summed E-state index contributed by atoms with van der Waals surface area (Å²) in [5.41, 5.74) is 2.48. The summed E-state index contributed by atoms with van der Waals surface area (Å²) < 4.78 is 0. The molecular formula is C18H21N5O. The molecule has 1 aromatic carbocycles. The average Bonchev–Trinajstić information content (AvgIpc) is 2.58. The second-order valence-corrected chi connectivity index (χ2v) is 5.66. The highest BCUT2D eigenvalue weighted by Gasteiger charge is 2.07. The van der Waals surface area contributed by atoms with Crippen LogP contribution >= 0.6 is 0 Å². The summed E-state index contributed by atoms with van der Waals surface area (Å²) >= 11 is 0. The number of carbonyl (C=O) groups is 1. The first kappa shape index (κ1) is 17.4. The van der Waals surface area contributed by atoms with Crippen LogP contribution in [0.2, 0.25) is 0 Å². The summed E-state index contributed by atoms with van der Waals surface area (Å²) in [6, 6.07) is 12.7. The van der Waals surface area contributed by atoms with Gasteiger partial charge in [-0.25, -0.2) is 0 Å². The van der Waals surface area contributed by atoms with E-state index in [9.17, 15) is 4.79 Å². The zero-order chi connectivity index (χ0) is 17.4.